The van der Waals surface area contributed by atoms with E-state index in [1.165, 1.54) is 6.20 Å². The fraction of sp³-hybridized carbons (Fsp3) is 0. The second-order valence-corrected chi connectivity index (χ2v) is 3.49. The zero-order valence-electron chi connectivity index (χ0n) is 7.18. The number of hydrogen-bond donors (Lipinski definition) is 1. The van der Waals surface area contributed by atoms with Gasteiger partial charge in [0.2, 0.25) is 0 Å². The lowest BCUT2D eigenvalue weighted by Gasteiger charge is -2.00. The van der Waals surface area contributed by atoms with E-state index in [2.05, 4.69) is 30.9 Å². The largest absolute Gasteiger partial charge is 0.382 e. The van der Waals surface area contributed by atoms with E-state index in [1.54, 1.807) is 6.20 Å². The molecule has 0 aliphatic carbocycles. The summed E-state index contributed by atoms with van der Waals surface area (Å²) in [6, 6.07) is 5.59. The number of hydrogen-bond acceptors (Lipinski definition) is 4. The number of pyridine rings is 1. The number of anilines is 1. The topological polar surface area (TPSA) is 64.7 Å². The van der Waals surface area contributed by atoms with E-state index < -0.39 is 0 Å². The van der Waals surface area contributed by atoms with Crippen LogP contribution in [-0.4, -0.2) is 15.0 Å². The number of aromatic nitrogens is 3. The van der Waals surface area contributed by atoms with Gasteiger partial charge in [0.25, 0.3) is 0 Å². The van der Waals surface area contributed by atoms with Crippen LogP contribution < -0.4 is 5.73 Å². The summed E-state index contributed by atoms with van der Waals surface area (Å²) in [7, 11) is 0. The molecule has 2 heterocycles. The van der Waals surface area contributed by atoms with Gasteiger partial charge in [-0.2, -0.15) is 0 Å². The summed E-state index contributed by atoms with van der Waals surface area (Å²) in [4.78, 5) is 12.3. The average molecular weight is 251 g/mol. The Hall–Kier alpha value is -1.49. The van der Waals surface area contributed by atoms with Crippen LogP contribution in [-0.2, 0) is 0 Å². The van der Waals surface area contributed by atoms with Crippen molar-refractivity contribution in [1.82, 2.24) is 15.0 Å². The van der Waals surface area contributed by atoms with Crippen LogP contribution in [0.15, 0.2) is 35.2 Å². The molecule has 2 N–H and O–H groups in total. The van der Waals surface area contributed by atoms with E-state index >= 15 is 0 Å². The summed E-state index contributed by atoms with van der Waals surface area (Å²) in [5, 5.41) is 0. The maximum absolute atomic E-state index is 5.52. The van der Waals surface area contributed by atoms with Crippen molar-refractivity contribution >= 4 is 21.7 Å². The molecule has 2 aromatic rings. The molecule has 4 nitrogen and oxygen atoms in total. The van der Waals surface area contributed by atoms with Gasteiger partial charge < -0.3 is 5.73 Å². The van der Waals surface area contributed by atoms with E-state index in [9.17, 15) is 0 Å². The highest BCUT2D eigenvalue weighted by atomic mass is 79.9. The molecule has 2 aromatic heterocycles. The minimum Gasteiger partial charge on any atom is -0.382 e. The van der Waals surface area contributed by atoms with Crippen LogP contribution >= 0.6 is 15.9 Å². The number of rotatable bonds is 1. The molecule has 0 saturated carbocycles. The molecule has 0 atom stereocenters. The van der Waals surface area contributed by atoms with Crippen molar-refractivity contribution in [1.29, 1.82) is 0 Å². The van der Waals surface area contributed by atoms with Gasteiger partial charge in [-0.25, -0.2) is 9.97 Å². The van der Waals surface area contributed by atoms with Crippen molar-refractivity contribution in [3.63, 3.8) is 0 Å². The summed E-state index contributed by atoms with van der Waals surface area (Å²) in [5.41, 5.74) is 6.94. The molecule has 5 heteroatoms. The lowest BCUT2D eigenvalue weighted by atomic mass is 10.3. The van der Waals surface area contributed by atoms with Crippen molar-refractivity contribution in [2.75, 3.05) is 5.73 Å². The monoisotopic (exact) mass is 250 g/mol. The Kier molecular flexibility index (Phi) is 2.41. The van der Waals surface area contributed by atoms with Gasteiger partial charge in [0, 0.05) is 0 Å². The van der Waals surface area contributed by atoms with Gasteiger partial charge in [0.05, 0.1) is 18.1 Å². The Balaban J connectivity index is 2.49. The van der Waals surface area contributed by atoms with Crippen LogP contribution in [0.2, 0.25) is 0 Å². The minimum atomic E-state index is 0.393. The molecule has 0 saturated heterocycles. The maximum atomic E-state index is 5.52. The quantitative estimate of drug-likeness (QED) is 0.786. The molecule has 0 aliphatic heterocycles. The Labute approximate surface area is 89.4 Å². The zero-order valence-corrected chi connectivity index (χ0v) is 8.77. The normalized spacial score (nSPS) is 10.1. The molecule has 0 fully saturated rings. The van der Waals surface area contributed by atoms with Crippen molar-refractivity contribution in [2.24, 2.45) is 0 Å². The SMILES string of the molecule is Nc1cncc(-c2cccc(Br)n2)n1. The van der Waals surface area contributed by atoms with Gasteiger partial charge in [0.1, 0.15) is 16.1 Å². The summed E-state index contributed by atoms with van der Waals surface area (Å²) >= 11 is 3.29. The summed E-state index contributed by atoms with van der Waals surface area (Å²) in [6.45, 7) is 0. The number of nitrogens with zero attached hydrogens (tertiary/aromatic N) is 3. The van der Waals surface area contributed by atoms with Crippen LogP contribution in [0.4, 0.5) is 5.82 Å². The number of nitrogen functional groups attached to an aromatic ring is 1. The molecule has 0 aromatic carbocycles. The van der Waals surface area contributed by atoms with Crippen molar-refractivity contribution in [3.05, 3.63) is 35.2 Å². The third kappa shape index (κ3) is 1.88. The van der Waals surface area contributed by atoms with Crippen LogP contribution in [0.25, 0.3) is 11.4 Å². The molecule has 70 valence electrons. The van der Waals surface area contributed by atoms with E-state index in [4.69, 9.17) is 5.73 Å². The smallest absolute Gasteiger partial charge is 0.142 e. The fourth-order valence-corrected chi connectivity index (χ4v) is 1.40. The fourth-order valence-electron chi connectivity index (χ4n) is 1.06. The van der Waals surface area contributed by atoms with Crippen molar-refractivity contribution in [3.8, 4) is 11.4 Å². The maximum Gasteiger partial charge on any atom is 0.142 e. The Morgan fingerprint density at radius 1 is 1.07 bits per heavy atom. The second-order valence-electron chi connectivity index (χ2n) is 2.67. The van der Waals surface area contributed by atoms with Crippen molar-refractivity contribution in [2.45, 2.75) is 0 Å². The summed E-state index contributed by atoms with van der Waals surface area (Å²) < 4.78 is 0.763. The number of halogens is 1. The molecule has 0 unspecified atom stereocenters. The van der Waals surface area contributed by atoms with Crippen LogP contribution in [0.3, 0.4) is 0 Å². The molecule has 0 bridgehead atoms. The minimum absolute atomic E-state index is 0.393. The summed E-state index contributed by atoms with van der Waals surface area (Å²) in [6.07, 6.45) is 3.13. The van der Waals surface area contributed by atoms with Gasteiger partial charge >= 0.3 is 0 Å². The van der Waals surface area contributed by atoms with E-state index in [0.29, 0.717) is 11.5 Å². The first kappa shape index (κ1) is 9.08. The highest BCUT2D eigenvalue weighted by Gasteiger charge is 2.01. The molecule has 2 rings (SSSR count). The van der Waals surface area contributed by atoms with E-state index in [-0.39, 0.29) is 0 Å². The molecular weight excluding hydrogens is 244 g/mol. The highest BCUT2D eigenvalue weighted by molar-refractivity contribution is 9.10. The second kappa shape index (κ2) is 3.71. The third-order valence-corrected chi connectivity index (χ3v) is 2.07. The zero-order chi connectivity index (χ0) is 9.97. The molecule has 0 amide bonds. The van der Waals surface area contributed by atoms with Crippen molar-refractivity contribution < 1.29 is 0 Å². The average Bonchev–Trinajstić information content (AvgIpc) is 2.18. The first-order chi connectivity index (χ1) is 6.75. The number of nitrogens with two attached hydrogens (primary N) is 1. The molecular formula is C9H7BrN4. The summed E-state index contributed by atoms with van der Waals surface area (Å²) in [5.74, 6) is 0.393. The molecule has 0 aliphatic rings. The van der Waals surface area contributed by atoms with Gasteiger partial charge in [0.15, 0.2) is 0 Å². The third-order valence-electron chi connectivity index (χ3n) is 1.63. The molecule has 14 heavy (non-hydrogen) atoms. The standard InChI is InChI=1S/C9H7BrN4/c10-8-3-1-2-6(13-8)7-4-12-5-9(11)14-7/h1-5H,(H2,11,14). The predicted octanol–water partition coefficient (Wildman–Crippen LogP) is 1.88. The van der Waals surface area contributed by atoms with E-state index in [1.807, 2.05) is 18.2 Å². The first-order valence-electron chi connectivity index (χ1n) is 3.96. The molecule has 0 radical (unpaired) electrons. The Bertz CT molecular complexity index is 415. The van der Waals surface area contributed by atoms with Crippen LogP contribution in [0.1, 0.15) is 0 Å². The lowest BCUT2D eigenvalue weighted by molar-refractivity contribution is 1.17. The van der Waals surface area contributed by atoms with Gasteiger partial charge in [-0.15, -0.1) is 0 Å². The lowest BCUT2D eigenvalue weighted by Crippen LogP contribution is -1.94. The van der Waals surface area contributed by atoms with E-state index in [0.717, 1.165) is 10.3 Å². The Morgan fingerprint density at radius 3 is 2.64 bits per heavy atom. The van der Waals surface area contributed by atoms with Gasteiger partial charge in [-0.1, -0.05) is 6.07 Å². The van der Waals surface area contributed by atoms with Crippen LogP contribution in [0.5, 0.6) is 0 Å². The Morgan fingerprint density at radius 2 is 1.93 bits per heavy atom. The van der Waals surface area contributed by atoms with Crippen LogP contribution in [0, 0.1) is 0 Å². The van der Waals surface area contributed by atoms with Gasteiger partial charge in [-0.3, -0.25) is 4.98 Å². The highest BCUT2D eigenvalue weighted by Crippen LogP contribution is 2.16. The predicted molar refractivity (Wildman–Crippen MR) is 57.4 cm³/mol. The van der Waals surface area contributed by atoms with Gasteiger partial charge in [-0.05, 0) is 28.1 Å². The molecule has 0 spiro atoms. The first-order valence-corrected chi connectivity index (χ1v) is 4.75.